The standard InChI is InChI=1S/C17H19Cl2NO3/c1-22-15-4-2-3-12(16-13(18)8-20-9-14(16)19)17(15)23-11-6-5-10(21)7-11/h4,8-11,21H,2-3,5-7H2,1H3/t10-,11+/m0/s1. The molecule has 23 heavy (non-hydrogen) atoms. The van der Waals surface area contributed by atoms with Crippen molar-refractivity contribution in [3.05, 3.63) is 45.6 Å². The minimum Gasteiger partial charge on any atom is -0.493 e. The fourth-order valence-electron chi connectivity index (χ4n) is 3.14. The van der Waals surface area contributed by atoms with E-state index in [1.165, 1.54) is 0 Å². The number of methoxy groups -OCH3 is 1. The summed E-state index contributed by atoms with van der Waals surface area (Å²) in [5, 5.41) is 10.7. The molecule has 6 heteroatoms. The van der Waals surface area contributed by atoms with E-state index in [0.29, 0.717) is 28.0 Å². The van der Waals surface area contributed by atoms with Gasteiger partial charge < -0.3 is 14.6 Å². The van der Waals surface area contributed by atoms with Gasteiger partial charge in [0.05, 0.1) is 23.3 Å². The van der Waals surface area contributed by atoms with Gasteiger partial charge in [-0.05, 0) is 31.8 Å². The lowest BCUT2D eigenvalue weighted by molar-refractivity contribution is 0.0892. The van der Waals surface area contributed by atoms with Crippen LogP contribution in [-0.4, -0.2) is 29.4 Å². The average molecular weight is 356 g/mol. The van der Waals surface area contributed by atoms with Gasteiger partial charge in [-0.1, -0.05) is 23.2 Å². The molecule has 0 spiro atoms. The Labute approximate surface area is 145 Å². The van der Waals surface area contributed by atoms with Crippen LogP contribution < -0.4 is 0 Å². The summed E-state index contributed by atoms with van der Waals surface area (Å²) < 4.78 is 11.7. The molecule has 1 fully saturated rings. The Morgan fingerprint density at radius 3 is 2.57 bits per heavy atom. The summed E-state index contributed by atoms with van der Waals surface area (Å²) in [6.07, 6.45) is 8.66. The van der Waals surface area contributed by atoms with Crippen LogP contribution in [0, 0.1) is 0 Å². The maximum absolute atomic E-state index is 9.73. The third-order valence-electron chi connectivity index (χ3n) is 4.24. The number of hydrogen-bond donors (Lipinski definition) is 1. The van der Waals surface area contributed by atoms with Crippen LogP contribution in [0.4, 0.5) is 0 Å². The van der Waals surface area contributed by atoms with E-state index in [2.05, 4.69) is 4.98 Å². The monoisotopic (exact) mass is 355 g/mol. The van der Waals surface area contributed by atoms with Gasteiger partial charge in [-0.25, -0.2) is 0 Å². The van der Waals surface area contributed by atoms with Crippen molar-refractivity contribution >= 4 is 28.8 Å². The fourth-order valence-corrected chi connectivity index (χ4v) is 3.73. The van der Waals surface area contributed by atoms with Crippen LogP contribution in [0.5, 0.6) is 0 Å². The highest BCUT2D eigenvalue weighted by Gasteiger charge is 2.29. The lowest BCUT2D eigenvalue weighted by atomic mass is 9.95. The van der Waals surface area contributed by atoms with Crippen molar-refractivity contribution in [2.24, 2.45) is 0 Å². The van der Waals surface area contributed by atoms with Crippen molar-refractivity contribution in [3.63, 3.8) is 0 Å². The molecule has 1 saturated carbocycles. The minimum absolute atomic E-state index is 0.0222. The summed E-state index contributed by atoms with van der Waals surface area (Å²) in [7, 11) is 1.62. The molecule has 0 radical (unpaired) electrons. The van der Waals surface area contributed by atoms with Crippen LogP contribution in [0.25, 0.3) is 5.57 Å². The van der Waals surface area contributed by atoms with E-state index < -0.39 is 0 Å². The van der Waals surface area contributed by atoms with Crippen LogP contribution in [-0.2, 0) is 9.47 Å². The zero-order valence-corrected chi connectivity index (χ0v) is 14.4. The van der Waals surface area contributed by atoms with Gasteiger partial charge in [0.25, 0.3) is 0 Å². The minimum atomic E-state index is -0.296. The molecule has 0 bridgehead atoms. The first-order valence-electron chi connectivity index (χ1n) is 7.72. The van der Waals surface area contributed by atoms with Crippen molar-refractivity contribution < 1.29 is 14.6 Å². The van der Waals surface area contributed by atoms with Gasteiger partial charge in [-0.3, -0.25) is 4.98 Å². The second kappa shape index (κ2) is 7.12. The van der Waals surface area contributed by atoms with Crippen LogP contribution in [0.3, 0.4) is 0 Å². The topological polar surface area (TPSA) is 51.6 Å². The number of aliphatic hydroxyl groups is 1. The summed E-state index contributed by atoms with van der Waals surface area (Å²) in [5.74, 6) is 1.37. The molecule has 3 rings (SSSR count). The van der Waals surface area contributed by atoms with E-state index in [1.54, 1.807) is 19.5 Å². The second-order valence-corrected chi connectivity index (χ2v) is 6.62. The first-order chi connectivity index (χ1) is 11.1. The van der Waals surface area contributed by atoms with E-state index in [0.717, 1.165) is 36.8 Å². The molecule has 1 aromatic heterocycles. The van der Waals surface area contributed by atoms with Crippen LogP contribution in [0.15, 0.2) is 30.0 Å². The molecule has 1 aromatic rings. The zero-order valence-electron chi connectivity index (χ0n) is 12.9. The van der Waals surface area contributed by atoms with Gasteiger partial charge in [-0.15, -0.1) is 0 Å². The van der Waals surface area contributed by atoms with E-state index >= 15 is 0 Å². The molecule has 1 N–H and O–H groups in total. The lowest BCUT2D eigenvalue weighted by Gasteiger charge is -2.25. The highest BCUT2D eigenvalue weighted by Crippen LogP contribution is 2.41. The summed E-state index contributed by atoms with van der Waals surface area (Å²) >= 11 is 12.6. The number of rotatable bonds is 4. The van der Waals surface area contributed by atoms with Gasteiger partial charge in [0.2, 0.25) is 0 Å². The molecule has 2 aliphatic carbocycles. The fraction of sp³-hybridized carbons (Fsp3) is 0.471. The van der Waals surface area contributed by atoms with E-state index in [4.69, 9.17) is 32.7 Å². The summed E-state index contributed by atoms with van der Waals surface area (Å²) in [4.78, 5) is 4.01. The predicted molar refractivity (Wildman–Crippen MR) is 90.2 cm³/mol. The Bertz CT molecular complexity index is 637. The predicted octanol–water partition coefficient (Wildman–Crippen LogP) is 4.35. The smallest absolute Gasteiger partial charge is 0.165 e. The number of aliphatic hydroxyl groups excluding tert-OH is 1. The maximum Gasteiger partial charge on any atom is 0.165 e. The Hall–Kier alpha value is -1.23. The van der Waals surface area contributed by atoms with Crippen molar-refractivity contribution in [3.8, 4) is 0 Å². The highest BCUT2D eigenvalue weighted by molar-refractivity contribution is 6.37. The van der Waals surface area contributed by atoms with Gasteiger partial charge in [0.1, 0.15) is 6.10 Å². The number of halogens is 2. The Balaban J connectivity index is 2.02. The molecule has 0 unspecified atom stereocenters. The highest BCUT2D eigenvalue weighted by atomic mass is 35.5. The third kappa shape index (κ3) is 3.49. The van der Waals surface area contributed by atoms with E-state index in [9.17, 15) is 5.11 Å². The Kier molecular flexibility index (Phi) is 5.14. The quantitative estimate of drug-likeness (QED) is 0.871. The van der Waals surface area contributed by atoms with Gasteiger partial charge in [-0.2, -0.15) is 0 Å². The summed E-state index contributed by atoms with van der Waals surface area (Å²) in [6, 6.07) is 0. The largest absolute Gasteiger partial charge is 0.493 e. The molecular weight excluding hydrogens is 337 g/mol. The van der Waals surface area contributed by atoms with E-state index in [-0.39, 0.29) is 12.2 Å². The maximum atomic E-state index is 9.73. The van der Waals surface area contributed by atoms with Gasteiger partial charge >= 0.3 is 0 Å². The zero-order chi connectivity index (χ0) is 16.4. The normalized spacial score (nSPS) is 24.6. The molecule has 124 valence electrons. The number of allylic oxidation sites excluding steroid dienone is 2. The van der Waals surface area contributed by atoms with Gasteiger partial charge in [0, 0.05) is 30.0 Å². The van der Waals surface area contributed by atoms with E-state index in [1.807, 2.05) is 6.08 Å². The first-order valence-corrected chi connectivity index (χ1v) is 8.47. The molecule has 0 amide bonds. The van der Waals surface area contributed by atoms with Gasteiger partial charge in [0.15, 0.2) is 11.5 Å². The molecule has 2 aliphatic rings. The van der Waals surface area contributed by atoms with Crippen molar-refractivity contribution in [2.45, 2.75) is 44.3 Å². The Morgan fingerprint density at radius 1 is 1.22 bits per heavy atom. The average Bonchev–Trinajstić information content (AvgIpc) is 2.93. The number of ether oxygens (including phenoxy) is 2. The van der Waals surface area contributed by atoms with Crippen molar-refractivity contribution in [2.75, 3.05) is 7.11 Å². The lowest BCUT2D eigenvalue weighted by Crippen LogP contribution is -2.15. The van der Waals surface area contributed by atoms with Crippen molar-refractivity contribution in [1.29, 1.82) is 0 Å². The van der Waals surface area contributed by atoms with Crippen LogP contribution in [0.1, 0.15) is 37.7 Å². The Morgan fingerprint density at radius 2 is 1.96 bits per heavy atom. The molecule has 2 atom stereocenters. The molecule has 0 aromatic carbocycles. The van der Waals surface area contributed by atoms with Crippen LogP contribution >= 0.6 is 23.2 Å². The number of nitrogens with zero attached hydrogens (tertiary/aromatic N) is 1. The molecule has 0 aliphatic heterocycles. The summed E-state index contributed by atoms with van der Waals surface area (Å²) in [6.45, 7) is 0. The third-order valence-corrected chi connectivity index (χ3v) is 4.81. The second-order valence-electron chi connectivity index (χ2n) is 5.80. The van der Waals surface area contributed by atoms with Crippen LogP contribution in [0.2, 0.25) is 10.0 Å². The molecule has 1 heterocycles. The number of aromatic nitrogens is 1. The van der Waals surface area contributed by atoms with Crippen molar-refractivity contribution in [1.82, 2.24) is 4.98 Å². The molecular formula is C17H19Cl2NO3. The molecule has 0 saturated heterocycles. The SMILES string of the molecule is COC1=CCCC(c2c(Cl)cncc2Cl)=C1O[C@@H]1CC[C@H](O)C1. The number of hydrogen-bond acceptors (Lipinski definition) is 4. The number of pyridine rings is 1. The molecule has 4 nitrogen and oxygen atoms in total. The summed E-state index contributed by atoms with van der Waals surface area (Å²) in [5.41, 5.74) is 1.68. The first kappa shape index (κ1) is 16.6.